The number of aryl methyl sites for hydroxylation is 1. The van der Waals surface area contributed by atoms with Gasteiger partial charge in [-0.1, -0.05) is 25.1 Å². The van der Waals surface area contributed by atoms with E-state index >= 15 is 0 Å². The van der Waals surface area contributed by atoms with Crippen LogP contribution in [0.3, 0.4) is 0 Å². The second kappa shape index (κ2) is 5.69. The van der Waals surface area contributed by atoms with Gasteiger partial charge in [-0.15, -0.1) is 0 Å². The molecule has 0 aliphatic heterocycles. The van der Waals surface area contributed by atoms with E-state index in [0.717, 1.165) is 23.6 Å². The average molecular weight is 245 g/mol. The lowest BCUT2D eigenvalue weighted by Gasteiger charge is -2.20. The summed E-state index contributed by atoms with van der Waals surface area (Å²) in [5.41, 5.74) is 2.26. The molecule has 0 saturated heterocycles. The van der Waals surface area contributed by atoms with Gasteiger partial charge in [-0.2, -0.15) is 5.10 Å². The quantitative estimate of drug-likeness (QED) is 0.877. The molecular formula is C14H19N3O. The number of rotatable bonds is 5. The number of nitrogens with one attached hydrogen (secondary N) is 1. The molecule has 0 bridgehead atoms. The van der Waals surface area contributed by atoms with Crippen molar-refractivity contribution in [1.82, 2.24) is 15.1 Å². The van der Waals surface area contributed by atoms with E-state index in [1.54, 1.807) is 7.11 Å². The summed E-state index contributed by atoms with van der Waals surface area (Å²) >= 11 is 0. The summed E-state index contributed by atoms with van der Waals surface area (Å²) in [5.74, 6) is 0.893. The molecule has 0 amide bonds. The standard InChI is InChI=1S/C14H19N3O/c1-4-15-14(12-9-10-16-17(12)2)11-7-5-6-8-13(11)18-3/h5-10,14-15H,4H2,1-3H3. The van der Waals surface area contributed by atoms with Crippen molar-refractivity contribution in [3.63, 3.8) is 0 Å². The molecule has 0 aliphatic carbocycles. The molecule has 96 valence electrons. The number of hydrogen-bond acceptors (Lipinski definition) is 3. The largest absolute Gasteiger partial charge is 0.496 e. The van der Waals surface area contributed by atoms with E-state index in [9.17, 15) is 0 Å². The van der Waals surface area contributed by atoms with E-state index in [-0.39, 0.29) is 6.04 Å². The summed E-state index contributed by atoms with van der Waals surface area (Å²) in [6.07, 6.45) is 1.81. The van der Waals surface area contributed by atoms with E-state index < -0.39 is 0 Å². The van der Waals surface area contributed by atoms with Crippen molar-refractivity contribution < 1.29 is 4.74 Å². The minimum atomic E-state index is 0.0960. The first-order valence-corrected chi connectivity index (χ1v) is 6.12. The highest BCUT2D eigenvalue weighted by Gasteiger charge is 2.19. The number of para-hydroxylation sites is 1. The van der Waals surface area contributed by atoms with Crippen LogP contribution >= 0.6 is 0 Å². The Morgan fingerprint density at radius 2 is 2.11 bits per heavy atom. The highest BCUT2D eigenvalue weighted by atomic mass is 16.5. The molecule has 1 unspecified atom stereocenters. The summed E-state index contributed by atoms with van der Waals surface area (Å²) < 4.78 is 7.33. The maximum atomic E-state index is 5.44. The fourth-order valence-electron chi connectivity index (χ4n) is 2.15. The molecule has 18 heavy (non-hydrogen) atoms. The highest BCUT2D eigenvalue weighted by molar-refractivity contribution is 5.39. The predicted octanol–water partition coefficient (Wildman–Crippen LogP) is 2.13. The zero-order valence-corrected chi connectivity index (χ0v) is 11.1. The fraction of sp³-hybridized carbons (Fsp3) is 0.357. The molecule has 0 radical (unpaired) electrons. The average Bonchev–Trinajstić information content (AvgIpc) is 2.82. The maximum Gasteiger partial charge on any atom is 0.124 e. The summed E-state index contributed by atoms with van der Waals surface area (Å²) in [6, 6.07) is 10.2. The van der Waals surface area contributed by atoms with Crippen molar-refractivity contribution in [2.45, 2.75) is 13.0 Å². The minimum Gasteiger partial charge on any atom is -0.496 e. The van der Waals surface area contributed by atoms with Crippen molar-refractivity contribution in [2.24, 2.45) is 7.05 Å². The molecular weight excluding hydrogens is 226 g/mol. The zero-order valence-electron chi connectivity index (χ0n) is 11.1. The summed E-state index contributed by atoms with van der Waals surface area (Å²) in [6.45, 7) is 2.98. The molecule has 0 aliphatic rings. The van der Waals surface area contributed by atoms with Gasteiger partial charge in [0.25, 0.3) is 0 Å². The van der Waals surface area contributed by atoms with Gasteiger partial charge in [0.15, 0.2) is 0 Å². The van der Waals surface area contributed by atoms with Crippen molar-refractivity contribution in [2.75, 3.05) is 13.7 Å². The molecule has 1 aromatic carbocycles. The Morgan fingerprint density at radius 3 is 2.72 bits per heavy atom. The Labute approximate surface area is 108 Å². The van der Waals surface area contributed by atoms with Gasteiger partial charge in [-0.05, 0) is 18.7 Å². The van der Waals surface area contributed by atoms with Gasteiger partial charge >= 0.3 is 0 Å². The van der Waals surface area contributed by atoms with Gasteiger partial charge in [0.05, 0.1) is 18.8 Å². The molecule has 4 heteroatoms. The van der Waals surface area contributed by atoms with E-state index in [2.05, 4.69) is 23.4 Å². The number of aromatic nitrogens is 2. The van der Waals surface area contributed by atoms with Gasteiger partial charge in [-0.25, -0.2) is 0 Å². The molecule has 2 aromatic rings. The molecule has 1 heterocycles. The third-order valence-corrected chi connectivity index (χ3v) is 3.01. The second-order valence-corrected chi connectivity index (χ2v) is 4.11. The second-order valence-electron chi connectivity index (χ2n) is 4.11. The summed E-state index contributed by atoms with van der Waals surface area (Å²) in [4.78, 5) is 0. The normalized spacial score (nSPS) is 12.4. The van der Waals surface area contributed by atoms with Gasteiger partial charge in [0, 0.05) is 18.8 Å². The Hall–Kier alpha value is -1.81. The minimum absolute atomic E-state index is 0.0960. The Kier molecular flexibility index (Phi) is 3.99. The van der Waals surface area contributed by atoms with Crippen LogP contribution in [0.2, 0.25) is 0 Å². The van der Waals surface area contributed by atoms with Gasteiger partial charge < -0.3 is 10.1 Å². The number of methoxy groups -OCH3 is 1. The predicted molar refractivity (Wildman–Crippen MR) is 71.7 cm³/mol. The van der Waals surface area contributed by atoms with Gasteiger partial charge in [0.2, 0.25) is 0 Å². The highest BCUT2D eigenvalue weighted by Crippen LogP contribution is 2.29. The topological polar surface area (TPSA) is 39.1 Å². The van der Waals surface area contributed by atoms with Crippen LogP contribution in [-0.4, -0.2) is 23.4 Å². The molecule has 2 rings (SSSR count). The molecule has 0 fully saturated rings. The van der Waals surface area contributed by atoms with Crippen LogP contribution in [0, 0.1) is 0 Å². The monoisotopic (exact) mass is 245 g/mol. The fourth-order valence-corrected chi connectivity index (χ4v) is 2.15. The van der Waals surface area contributed by atoms with Crippen molar-refractivity contribution in [3.8, 4) is 5.75 Å². The first-order chi connectivity index (χ1) is 8.77. The van der Waals surface area contributed by atoms with Crippen LogP contribution in [-0.2, 0) is 7.05 Å². The first kappa shape index (κ1) is 12.6. The summed E-state index contributed by atoms with van der Waals surface area (Å²) in [5, 5.41) is 7.71. The van der Waals surface area contributed by atoms with E-state index in [4.69, 9.17) is 4.74 Å². The van der Waals surface area contributed by atoms with Crippen LogP contribution < -0.4 is 10.1 Å². The van der Waals surface area contributed by atoms with Crippen molar-refractivity contribution >= 4 is 0 Å². The number of hydrogen-bond donors (Lipinski definition) is 1. The lowest BCUT2D eigenvalue weighted by Crippen LogP contribution is -2.24. The van der Waals surface area contributed by atoms with Gasteiger partial charge in [-0.3, -0.25) is 4.68 Å². The lowest BCUT2D eigenvalue weighted by atomic mass is 10.0. The van der Waals surface area contributed by atoms with Crippen LogP contribution in [0.15, 0.2) is 36.5 Å². The van der Waals surface area contributed by atoms with Crippen molar-refractivity contribution in [3.05, 3.63) is 47.8 Å². The van der Waals surface area contributed by atoms with E-state index in [0.29, 0.717) is 0 Å². The lowest BCUT2D eigenvalue weighted by molar-refractivity contribution is 0.403. The molecule has 0 saturated carbocycles. The Morgan fingerprint density at radius 1 is 1.33 bits per heavy atom. The smallest absolute Gasteiger partial charge is 0.124 e. The van der Waals surface area contributed by atoms with Gasteiger partial charge in [0.1, 0.15) is 5.75 Å². The van der Waals surface area contributed by atoms with Crippen LogP contribution in [0.5, 0.6) is 5.75 Å². The third-order valence-electron chi connectivity index (χ3n) is 3.01. The Balaban J connectivity index is 2.45. The summed E-state index contributed by atoms with van der Waals surface area (Å²) in [7, 11) is 3.65. The zero-order chi connectivity index (χ0) is 13.0. The maximum absolute atomic E-state index is 5.44. The molecule has 1 aromatic heterocycles. The SMILES string of the molecule is CCNC(c1ccccc1OC)c1ccnn1C. The molecule has 0 spiro atoms. The number of ether oxygens (including phenoxy) is 1. The number of nitrogens with zero attached hydrogens (tertiary/aromatic N) is 2. The Bertz CT molecular complexity index is 507. The third kappa shape index (κ3) is 2.38. The van der Waals surface area contributed by atoms with Crippen LogP contribution in [0.1, 0.15) is 24.2 Å². The van der Waals surface area contributed by atoms with Crippen molar-refractivity contribution in [1.29, 1.82) is 0 Å². The molecule has 4 nitrogen and oxygen atoms in total. The van der Waals surface area contributed by atoms with Crippen LogP contribution in [0.4, 0.5) is 0 Å². The first-order valence-electron chi connectivity index (χ1n) is 6.12. The van der Waals surface area contributed by atoms with E-state index in [1.165, 1.54) is 0 Å². The molecule has 1 atom stereocenters. The molecule has 1 N–H and O–H groups in total. The van der Waals surface area contributed by atoms with E-state index in [1.807, 2.05) is 42.2 Å². The number of benzene rings is 1. The van der Waals surface area contributed by atoms with Crippen LogP contribution in [0.25, 0.3) is 0 Å².